The molecule has 1 aliphatic rings. The number of rotatable bonds is 3. The minimum atomic E-state index is -0.451. The summed E-state index contributed by atoms with van der Waals surface area (Å²) in [6.45, 7) is 2.32. The number of aryl methyl sites for hydroxylation is 2. The van der Waals surface area contributed by atoms with E-state index in [1.807, 2.05) is 4.57 Å². The molecule has 0 bridgehead atoms. The van der Waals surface area contributed by atoms with Gasteiger partial charge in [-0.15, -0.1) is 11.6 Å². The summed E-state index contributed by atoms with van der Waals surface area (Å²) < 4.78 is 3.20. The normalized spacial score (nSPS) is 15.8. The Hall–Kier alpha value is -1.76. The number of piperidine rings is 1. The van der Waals surface area contributed by atoms with Crippen LogP contribution >= 0.6 is 11.6 Å². The Morgan fingerprint density at radius 2 is 1.95 bits per heavy atom. The summed E-state index contributed by atoms with van der Waals surface area (Å²) in [5.74, 6) is 1.12. The lowest BCUT2D eigenvalue weighted by atomic mass is 10.1. The molecule has 1 aliphatic heterocycles. The van der Waals surface area contributed by atoms with Crippen LogP contribution in [-0.4, -0.2) is 38.1 Å². The van der Waals surface area contributed by atoms with Crippen LogP contribution in [0.5, 0.6) is 0 Å². The molecule has 3 heterocycles. The van der Waals surface area contributed by atoms with Gasteiger partial charge in [0, 0.05) is 32.6 Å². The van der Waals surface area contributed by atoms with Crippen LogP contribution in [0.15, 0.2) is 9.59 Å². The monoisotopic (exact) mass is 311 g/mol. The van der Waals surface area contributed by atoms with Gasteiger partial charge in [0.05, 0.1) is 0 Å². The van der Waals surface area contributed by atoms with E-state index in [2.05, 4.69) is 14.9 Å². The Kier molecular flexibility index (Phi) is 3.75. The summed E-state index contributed by atoms with van der Waals surface area (Å²) >= 11 is 5.88. The number of H-pyrrole nitrogens is 1. The fourth-order valence-corrected chi connectivity index (χ4v) is 3.02. The van der Waals surface area contributed by atoms with E-state index in [0.29, 0.717) is 23.6 Å². The molecule has 0 atom stereocenters. The second-order valence-corrected chi connectivity index (χ2v) is 5.67. The van der Waals surface area contributed by atoms with Crippen molar-refractivity contribution in [2.24, 2.45) is 7.05 Å². The van der Waals surface area contributed by atoms with Gasteiger partial charge in [0.25, 0.3) is 5.56 Å². The third kappa shape index (κ3) is 2.35. The average Bonchev–Trinajstić information content (AvgIpc) is 2.86. The first-order valence-corrected chi connectivity index (χ1v) is 7.67. The Labute approximate surface area is 126 Å². The van der Waals surface area contributed by atoms with Crippen LogP contribution in [0.1, 0.15) is 19.3 Å². The minimum Gasteiger partial charge on any atom is -0.342 e. The highest BCUT2D eigenvalue weighted by Crippen LogP contribution is 2.22. The lowest BCUT2D eigenvalue weighted by molar-refractivity contribution is 0.558. The summed E-state index contributed by atoms with van der Waals surface area (Å²) in [5, 5.41) is 0. The molecule has 0 amide bonds. The van der Waals surface area contributed by atoms with E-state index in [9.17, 15) is 9.59 Å². The molecular formula is C13H18ClN5O2. The molecule has 0 aromatic carbocycles. The van der Waals surface area contributed by atoms with Gasteiger partial charge >= 0.3 is 5.69 Å². The highest BCUT2D eigenvalue weighted by atomic mass is 35.5. The number of alkyl halides is 1. The molecule has 8 heteroatoms. The maximum Gasteiger partial charge on any atom is 0.329 e. The number of nitrogens with zero attached hydrogens (tertiary/aromatic N) is 4. The van der Waals surface area contributed by atoms with Crippen LogP contribution in [0.3, 0.4) is 0 Å². The number of halogens is 1. The van der Waals surface area contributed by atoms with Crippen molar-refractivity contribution in [3.05, 3.63) is 20.8 Å². The van der Waals surface area contributed by atoms with Crippen molar-refractivity contribution in [1.82, 2.24) is 19.1 Å². The largest absolute Gasteiger partial charge is 0.342 e. The minimum absolute atomic E-state index is 0.384. The van der Waals surface area contributed by atoms with E-state index in [1.165, 1.54) is 11.0 Å². The van der Waals surface area contributed by atoms with Crippen molar-refractivity contribution in [2.45, 2.75) is 25.8 Å². The number of anilines is 1. The number of hydrogen-bond acceptors (Lipinski definition) is 4. The fraction of sp³-hybridized carbons (Fsp3) is 0.615. The standard InChI is InChI=1S/C13H18ClN5O2/c1-17-10-9(11(20)16-13(17)21)19(8-5-14)12(15-10)18-6-3-2-4-7-18/h2-8H2,1H3,(H,16,20,21). The molecule has 2 aromatic rings. The average molecular weight is 312 g/mol. The molecule has 0 aliphatic carbocycles. The molecule has 7 nitrogen and oxygen atoms in total. The first kappa shape index (κ1) is 14.2. The molecule has 21 heavy (non-hydrogen) atoms. The van der Waals surface area contributed by atoms with Gasteiger partial charge in [-0.1, -0.05) is 0 Å². The zero-order chi connectivity index (χ0) is 15.0. The Morgan fingerprint density at radius 3 is 2.62 bits per heavy atom. The number of hydrogen-bond donors (Lipinski definition) is 1. The number of fused-ring (bicyclic) bond motifs is 1. The summed E-state index contributed by atoms with van der Waals surface area (Å²) in [6.07, 6.45) is 3.43. The number of aromatic nitrogens is 4. The van der Waals surface area contributed by atoms with Gasteiger partial charge < -0.3 is 9.47 Å². The van der Waals surface area contributed by atoms with Gasteiger partial charge in [0.15, 0.2) is 11.2 Å². The van der Waals surface area contributed by atoms with Gasteiger partial charge in [0.1, 0.15) is 0 Å². The molecule has 0 unspecified atom stereocenters. The van der Waals surface area contributed by atoms with E-state index in [1.54, 1.807) is 7.05 Å². The maximum atomic E-state index is 12.2. The topological polar surface area (TPSA) is 75.9 Å². The molecule has 114 valence electrons. The number of aromatic amines is 1. The van der Waals surface area contributed by atoms with Crippen molar-refractivity contribution in [2.75, 3.05) is 23.9 Å². The third-order valence-corrected chi connectivity index (χ3v) is 4.10. The summed E-state index contributed by atoms with van der Waals surface area (Å²) in [4.78, 5) is 32.9. The third-order valence-electron chi connectivity index (χ3n) is 3.93. The van der Waals surface area contributed by atoms with E-state index in [0.717, 1.165) is 31.9 Å². The van der Waals surface area contributed by atoms with Crippen molar-refractivity contribution >= 4 is 28.7 Å². The van der Waals surface area contributed by atoms with E-state index in [-0.39, 0.29) is 0 Å². The zero-order valence-electron chi connectivity index (χ0n) is 11.9. The summed E-state index contributed by atoms with van der Waals surface area (Å²) in [5.41, 5.74) is -0.0324. The molecule has 1 fully saturated rings. The van der Waals surface area contributed by atoms with Crippen molar-refractivity contribution in [3.63, 3.8) is 0 Å². The molecule has 1 N–H and O–H groups in total. The van der Waals surface area contributed by atoms with Crippen molar-refractivity contribution in [3.8, 4) is 0 Å². The first-order valence-electron chi connectivity index (χ1n) is 7.14. The smallest absolute Gasteiger partial charge is 0.329 e. The highest BCUT2D eigenvalue weighted by molar-refractivity contribution is 6.17. The molecule has 0 radical (unpaired) electrons. The van der Waals surface area contributed by atoms with Gasteiger partial charge in [-0.3, -0.25) is 14.3 Å². The van der Waals surface area contributed by atoms with Gasteiger partial charge in [-0.2, -0.15) is 4.98 Å². The Balaban J connectivity index is 2.26. The zero-order valence-corrected chi connectivity index (χ0v) is 12.7. The first-order chi connectivity index (χ1) is 10.1. The second kappa shape index (κ2) is 5.55. The Bertz CT molecular complexity index is 769. The molecule has 0 saturated carbocycles. The van der Waals surface area contributed by atoms with E-state index >= 15 is 0 Å². The lowest BCUT2D eigenvalue weighted by Gasteiger charge is -2.28. The van der Waals surface area contributed by atoms with Crippen molar-refractivity contribution < 1.29 is 0 Å². The second-order valence-electron chi connectivity index (χ2n) is 5.29. The lowest BCUT2D eigenvalue weighted by Crippen LogP contribution is -2.32. The summed E-state index contributed by atoms with van der Waals surface area (Å²) in [7, 11) is 1.61. The number of imidazole rings is 1. The quantitative estimate of drug-likeness (QED) is 0.845. The predicted molar refractivity (Wildman–Crippen MR) is 82.4 cm³/mol. The van der Waals surface area contributed by atoms with Crippen LogP contribution in [0.25, 0.3) is 11.2 Å². The van der Waals surface area contributed by atoms with E-state index < -0.39 is 11.2 Å². The molecular weight excluding hydrogens is 294 g/mol. The molecule has 3 rings (SSSR count). The van der Waals surface area contributed by atoms with Crippen LogP contribution in [0.2, 0.25) is 0 Å². The SMILES string of the molecule is Cn1c(=O)[nH]c(=O)c2c1nc(N1CCCCC1)n2CCCl. The summed E-state index contributed by atoms with van der Waals surface area (Å²) in [6, 6.07) is 0. The number of nitrogens with one attached hydrogen (secondary N) is 1. The van der Waals surface area contributed by atoms with Gasteiger partial charge in [-0.05, 0) is 19.3 Å². The maximum absolute atomic E-state index is 12.2. The predicted octanol–water partition coefficient (Wildman–Crippen LogP) is 0.652. The fourth-order valence-electron chi connectivity index (χ4n) is 2.85. The van der Waals surface area contributed by atoms with E-state index in [4.69, 9.17) is 11.6 Å². The Morgan fingerprint density at radius 1 is 1.24 bits per heavy atom. The van der Waals surface area contributed by atoms with Gasteiger partial charge in [0.2, 0.25) is 5.95 Å². The van der Waals surface area contributed by atoms with Crippen LogP contribution < -0.4 is 16.1 Å². The van der Waals surface area contributed by atoms with Crippen LogP contribution in [-0.2, 0) is 13.6 Å². The van der Waals surface area contributed by atoms with Crippen LogP contribution in [0, 0.1) is 0 Å². The molecule has 1 saturated heterocycles. The van der Waals surface area contributed by atoms with Crippen LogP contribution in [0.4, 0.5) is 5.95 Å². The molecule has 2 aromatic heterocycles. The van der Waals surface area contributed by atoms with Crippen molar-refractivity contribution in [1.29, 1.82) is 0 Å². The van der Waals surface area contributed by atoms with Gasteiger partial charge in [-0.25, -0.2) is 4.79 Å². The molecule has 0 spiro atoms. The highest BCUT2D eigenvalue weighted by Gasteiger charge is 2.22.